The normalized spacial score (nSPS) is 24.6. The number of aliphatic hydroxyl groups is 1. The van der Waals surface area contributed by atoms with Crippen molar-refractivity contribution in [2.24, 2.45) is 0 Å². The van der Waals surface area contributed by atoms with Crippen LogP contribution < -0.4 is 0 Å². The topological polar surface area (TPSA) is 20.2 Å². The van der Waals surface area contributed by atoms with Gasteiger partial charge < -0.3 is 5.11 Å². The van der Waals surface area contributed by atoms with Gasteiger partial charge in [0, 0.05) is 6.61 Å². The van der Waals surface area contributed by atoms with Crippen molar-refractivity contribution in [3.63, 3.8) is 0 Å². The first-order chi connectivity index (χ1) is 4.77. The molecular weight excluding hydrogens is 164 g/mol. The van der Waals surface area contributed by atoms with E-state index >= 15 is 0 Å². The van der Waals surface area contributed by atoms with Crippen LogP contribution in [-0.4, -0.2) is 27.3 Å². The lowest BCUT2D eigenvalue weighted by molar-refractivity contribution is 0.285. The quantitative estimate of drug-likeness (QED) is 0.698. The standard InChI is InChI=1S/C7H14OS2/c1-7(3-4-8)9-5-2-6-10-7/h8H,2-6H2,1H3. The Morgan fingerprint density at radius 2 is 2.00 bits per heavy atom. The number of thioether (sulfide) groups is 2. The van der Waals surface area contributed by atoms with Gasteiger partial charge in [-0.1, -0.05) is 0 Å². The van der Waals surface area contributed by atoms with Crippen LogP contribution >= 0.6 is 23.5 Å². The molecule has 0 radical (unpaired) electrons. The summed E-state index contributed by atoms with van der Waals surface area (Å²) < 4.78 is 0.312. The summed E-state index contributed by atoms with van der Waals surface area (Å²) in [5, 5.41) is 8.76. The van der Waals surface area contributed by atoms with Crippen LogP contribution in [0.5, 0.6) is 0 Å². The van der Waals surface area contributed by atoms with Crippen LogP contribution in [0.1, 0.15) is 19.8 Å². The van der Waals surface area contributed by atoms with E-state index in [9.17, 15) is 0 Å². The third kappa shape index (κ3) is 2.36. The second kappa shape index (κ2) is 3.88. The van der Waals surface area contributed by atoms with Crippen molar-refractivity contribution in [2.45, 2.75) is 23.8 Å². The molecule has 0 unspecified atom stereocenters. The van der Waals surface area contributed by atoms with Gasteiger partial charge in [-0.2, -0.15) is 0 Å². The molecule has 0 amide bonds. The largest absolute Gasteiger partial charge is 0.396 e. The van der Waals surface area contributed by atoms with Gasteiger partial charge in [-0.3, -0.25) is 0 Å². The highest BCUT2D eigenvalue weighted by molar-refractivity contribution is 8.18. The highest BCUT2D eigenvalue weighted by Gasteiger charge is 2.27. The first-order valence-electron chi connectivity index (χ1n) is 3.66. The summed E-state index contributed by atoms with van der Waals surface area (Å²) in [6, 6.07) is 0. The molecule has 1 aliphatic heterocycles. The lowest BCUT2D eigenvalue weighted by Crippen LogP contribution is -2.22. The van der Waals surface area contributed by atoms with Crippen LogP contribution in [0.2, 0.25) is 0 Å². The molecule has 0 aromatic rings. The molecule has 10 heavy (non-hydrogen) atoms. The third-order valence-corrected chi connectivity index (χ3v) is 4.99. The summed E-state index contributed by atoms with van der Waals surface area (Å²) in [6.07, 6.45) is 2.26. The minimum Gasteiger partial charge on any atom is -0.396 e. The van der Waals surface area contributed by atoms with Gasteiger partial charge in [0.15, 0.2) is 0 Å². The first-order valence-corrected chi connectivity index (χ1v) is 5.63. The van der Waals surface area contributed by atoms with Crippen molar-refractivity contribution in [1.29, 1.82) is 0 Å². The fourth-order valence-electron chi connectivity index (χ4n) is 1.02. The Labute approximate surface area is 71.0 Å². The van der Waals surface area contributed by atoms with E-state index in [4.69, 9.17) is 5.11 Å². The molecule has 0 bridgehead atoms. The Morgan fingerprint density at radius 1 is 1.40 bits per heavy atom. The zero-order chi connectivity index (χ0) is 7.45. The molecule has 3 heteroatoms. The molecule has 1 rings (SSSR count). The van der Waals surface area contributed by atoms with Crippen LogP contribution in [-0.2, 0) is 0 Å². The van der Waals surface area contributed by atoms with Crippen molar-refractivity contribution in [3.05, 3.63) is 0 Å². The predicted octanol–water partition coefficient (Wildman–Crippen LogP) is 1.96. The second-order valence-corrected chi connectivity index (χ2v) is 6.11. The Morgan fingerprint density at radius 3 is 2.50 bits per heavy atom. The number of aliphatic hydroxyl groups excluding tert-OH is 1. The number of hydrogen-bond donors (Lipinski definition) is 1. The van der Waals surface area contributed by atoms with Crippen molar-refractivity contribution >= 4 is 23.5 Å². The van der Waals surface area contributed by atoms with Gasteiger partial charge in [-0.25, -0.2) is 0 Å². The van der Waals surface area contributed by atoms with E-state index in [2.05, 4.69) is 6.92 Å². The maximum absolute atomic E-state index is 8.76. The molecular formula is C7H14OS2. The fourth-order valence-corrected chi connectivity index (χ4v) is 3.95. The molecule has 0 atom stereocenters. The summed E-state index contributed by atoms with van der Waals surface area (Å²) in [5.74, 6) is 2.53. The summed E-state index contributed by atoms with van der Waals surface area (Å²) in [5.41, 5.74) is 0. The fraction of sp³-hybridized carbons (Fsp3) is 1.00. The maximum atomic E-state index is 8.76. The van der Waals surface area contributed by atoms with Gasteiger partial charge in [0.2, 0.25) is 0 Å². The average molecular weight is 178 g/mol. The number of hydrogen-bond acceptors (Lipinski definition) is 3. The van der Waals surface area contributed by atoms with E-state index in [1.165, 1.54) is 17.9 Å². The van der Waals surface area contributed by atoms with E-state index in [-0.39, 0.29) is 0 Å². The minimum absolute atomic E-state index is 0.312. The van der Waals surface area contributed by atoms with Crippen LogP contribution in [0.15, 0.2) is 0 Å². The third-order valence-electron chi connectivity index (χ3n) is 1.67. The molecule has 1 heterocycles. The lowest BCUT2D eigenvalue weighted by atomic mass is 10.3. The molecule has 1 fully saturated rings. The van der Waals surface area contributed by atoms with Crippen molar-refractivity contribution in [3.8, 4) is 0 Å². The minimum atomic E-state index is 0.312. The Hall–Kier alpha value is 0.660. The molecule has 60 valence electrons. The molecule has 0 aromatic heterocycles. The summed E-state index contributed by atoms with van der Waals surface area (Å²) in [7, 11) is 0. The molecule has 0 aliphatic carbocycles. The smallest absolute Gasteiger partial charge is 0.0604 e. The van der Waals surface area contributed by atoms with Gasteiger partial charge >= 0.3 is 0 Å². The molecule has 0 saturated carbocycles. The first kappa shape index (κ1) is 8.75. The van der Waals surface area contributed by atoms with Gasteiger partial charge in [-0.05, 0) is 31.3 Å². The maximum Gasteiger partial charge on any atom is 0.0604 e. The van der Waals surface area contributed by atoms with Gasteiger partial charge in [0.05, 0.1) is 4.08 Å². The van der Waals surface area contributed by atoms with E-state index in [1.54, 1.807) is 0 Å². The molecule has 1 N–H and O–H groups in total. The highest BCUT2D eigenvalue weighted by atomic mass is 32.2. The van der Waals surface area contributed by atoms with Gasteiger partial charge in [0.25, 0.3) is 0 Å². The van der Waals surface area contributed by atoms with Crippen molar-refractivity contribution in [1.82, 2.24) is 0 Å². The zero-order valence-corrected chi connectivity index (χ0v) is 7.93. The second-order valence-electron chi connectivity index (χ2n) is 2.66. The van der Waals surface area contributed by atoms with Crippen molar-refractivity contribution in [2.75, 3.05) is 18.1 Å². The van der Waals surface area contributed by atoms with Crippen LogP contribution in [0.25, 0.3) is 0 Å². The van der Waals surface area contributed by atoms with Gasteiger partial charge in [-0.15, -0.1) is 23.5 Å². The van der Waals surface area contributed by atoms with Gasteiger partial charge in [0.1, 0.15) is 0 Å². The average Bonchev–Trinajstić information content (AvgIpc) is 1.89. The van der Waals surface area contributed by atoms with E-state index in [0.717, 1.165) is 6.42 Å². The molecule has 0 spiro atoms. The molecule has 0 aromatic carbocycles. The molecule has 1 aliphatic rings. The summed E-state index contributed by atoms with van der Waals surface area (Å²) in [6.45, 7) is 2.56. The van der Waals surface area contributed by atoms with E-state index in [1.807, 2.05) is 23.5 Å². The molecule has 1 saturated heterocycles. The lowest BCUT2D eigenvalue weighted by Gasteiger charge is -2.31. The van der Waals surface area contributed by atoms with E-state index in [0.29, 0.717) is 10.7 Å². The predicted molar refractivity (Wildman–Crippen MR) is 49.6 cm³/mol. The molecule has 1 nitrogen and oxygen atoms in total. The van der Waals surface area contributed by atoms with Crippen LogP contribution in [0.3, 0.4) is 0 Å². The number of rotatable bonds is 2. The highest BCUT2D eigenvalue weighted by Crippen LogP contribution is 2.43. The Kier molecular flexibility index (Phi) is 3.40. The summed E-state index contributed by atoms with van der Waals surface area (Å²) in [4.78, 5) is 0. The van der Waals surface area contributed by atoms with Crippen LogP contribution in [0.4, 0.5) is 0 Å². The van der Waals surface area contributed by atoms with Crippen LogP contribution in [0, 0.1) is 0 Å². The van der Waals surface area contributed by atoms with Crippen molar-refractivity contribution < 1.29 is 5.11 Å². The summed E-state index contributed by atoms with van der Waals surface area (Å²) >= 11 is 3.99. The monoisotopic (exact) mass is 178 g/mol. The Bertz CT molecular complexity index is 94.3. The zero-order valence-electron chi connectivity index (χ0n) is 6.30. The SMILES string of the molecule is CC1(CCO)SCCCS1. The van der Waals surface area contributed by atoms with E-state index < -0.39 is 0 Å². The Balaban J connectivity index is 2.32.